The number of aliphatic imine (C=N–C) groups is 1. The molecular formula is C21H20F3N5. The Balaban J connectivity index is 2.03. The fourth-order valence-corrected chi connectivity index (χ4v) is 2.71. The highest BCUT2D eigenvalue weighted by atomic mass is 19.4. The minimum Gasteiger partial charge on any atom is -0.333 e. The van der Waals surface area contributed by atoms with E-state index in [1.165, 1.54) is 24.5 Å². The van der Waals surface area contributed by atoms with E-state index in [0.29, 0.717) is 29.1 Å². The number of rotatable bonds is 7. The molecule has 0 amide bonds. The van der Waals surface area contributed by atoms with Crippen LogP contribution in [0.5, 0.6) is 0 Å². The number of fused-ring (bicyclic) bond motifs is 1. The molecule has 8 heteroatoms. The molecule has 0 unspecified atom stereocenters. The van der Waals surface area contributed by atoms with E-state index in [2.05, 4.69) is 32.2 Å². The molecule has 1 aromatic heterocycles. The van der Waals surface area contributed by atoms with Crippen molar-refractivity contribution in [1.82, 2.24) is 15.3 Å². The second-order valence-electron chi connectivity index (χ2n) is 6.24. The summed E-state index contributed by atoms with van der Waals surface area (Å²) in [7, 11) is 0. The van der Waals surface area contributed by atoms with Gasteiger partial charge in [0.15, 0.2) is 5.82 Å². The molecule has 2 N–H and O–H groups in total. The van der Waals surface area contributed by atoms with Gasteiger partial charge < -0.3 is 10.6 Å². The maximum atomic E-state index is 13.5. The van der Waals surface area contributed by atoms with Gasteiger partial charge in [0.25, 0.3) is 0 Å². The predicted octanol–water partition coefficient (Wildman–Crippen LogP) is 5.23. The van der Waals surface area contributed by atoms with Gasteiger partial charge in [0.1, 0.15) is 11.6 Å². The average molecular weight is 399 g/mol. The van der Waals surface area contributed by atoms with Gasteiger partial charge in [-0.3, -0.25) is 4.99 Å². The number of hydrogen-bond donors (Lipinski definition) is 2. The molecule has 0 aliphatic carbocycles. The highest BCUT2D eigenvalue weighted by molar-refractivity contribution is 5.91. The fourth-order valence-electron chi connectivity index (χ4n) is 2.71. The Hall–Kier alpha value is -3.42. The normalized spacial score (nSPS) is 11.7. The lowest BCUT2D eigenvalue weighted by molar-refractivity contribution is -0.137. The fraction of sp³-hybridized carbons (Fsp3) is 0.190. The van der Waals surface area contributed by atoms with Crippen LogP contribution in [0.15, 0.2) is 65.9 Å². The highest BCUT2D eigenvalue weighted by Gasteiger charge is 2.34. The smallest absolute Gasteiger partial charge is 0.333 e. The van der Waals surface area contributed by atoms with E-state index in [9.17, 15) is 13.2 Å². The summed E-state index contributed by atoms with van der Waals surface area (Å²) < 4.78 is 40.4. The summed E-state index contributed by atoms with van der Waals surface area (Å²) >= 11 is 0. The molecule has 0 spiro atoms. The van der Waals surface area contributed by atoms with Gasteiger partial charge in [-0.05, 0) is 24.6 Å². The van der Waals surface area contributed by atoms with Gasteiger partial charge in [0, 0.05) is 17.5 Å². The first-order valence-electron chi connectivity index (χ1n) is 9.04. The molecule has 5 nitrogen and oxygen atoms in total. The molecule has 0 aliphatic heterocycles. The standard InChI is InChI=1S/C21H20F3N5/c1-3-12-25-13-26-14(2)27-20-16-9-5-7-11-18(16)28-19(29-20)15-8-4-6-10-17(15)21(22,23)24/h4-11,13H,2-3,12H2,1H3,(H,25,26)(H,27,28,29). The summed E-state index contributed by atoms with van der Waals surface area (Å²) in [4.78, 5) is 12.9. The van der Waals surface area contributed by atoms with Crippen LogP contribution in [0.4, 0.5) is 19.0 Å². The van der Waals surface area contributed by atoms with Gasteiger partial charge >= 0.3 is 6.18 Å². The summed E-state index contributed by atoms with van der Waals surface area (Å²) in [5.74, 6) is 0.722. The van der Waals surface area contributed by atoms with E-state index in [-0.39, 0.29) is 11.4 Å². The van der Waals surface area contributed by atoms with E-state index < -0.39 is 11.7 Å². The van der Waals surface area contributed by atoms with E-state index >= 15 is 0 Å². The molecule has 0 aliphatic rings. The quantitative estimate of drug-likeness (QED) is 0.422. The van der Waals surface area contributed by atoms with Crippen LogP contribution in [-0.4, -0.2) is 22.9 Å². The predicted molar refractivity (Wildman–Crippen MR) is 110 cm³/mol. The second-order valence-corrected chi connectivity index (χ2v) is 6.24. The lowest BCUT2D eigenvalue weighted by Crippen LogP contribution is -2.18. The summed E-state index contributed by atoms with van der Waals surface area (Å²) in [5.41, 5.74) is -0.355. The lowest BCUT2D eigenvalue weighted by atomic mass is 10.1. The Kier molecular flexibility index (Phi) is 6.11. The molecule has 3 rings (SSSR count). The van der Waals surface area contributed by atoms with Gasteiger partial charge in [-0.2, -0.15) is 13.2 Å². The second kappa shape index (κ2) is 8.72. The maximum absolute atomic E-state index is 13.5. The Morgan fingerprint density at radius 2 is 1.83 bits per heavy atom. The molecule has 0 atom stereocenters. The minimum absolute atomic E-state index is 0.0217. The first-order chi connectivity index (χ1) is 13.9. The van der Waals surface area contributed by atoms with Crippen molar-refractivity contribution in [2.75, 3.05) is 11.9 Å². The summed E-state index contributed by atoms with van der Waals surface area (Å²) in [5, 5.41) is 6.55. The number of nitrogens with zero attached hydrogens (tertiary/aromatic N) is 3. The molecule has 0 bridgehead atoms. The van der Waals surface area contributed by atoms with Gasteiger partial charge in [0.2, 0.25) is 0 Å². The van der Waals surface area contributed by atoms with Crippen molar-refractivity contribution in [3.05, 3.63) is 66.5 Å². The number of hydrogen-bond acceptors (Lipinski definition) is 4. The number of benzene rings is 2. The summed E-state index contributed by atoms with van der Waals surface area (Å²) in [6.07, 6.45) is -2.08. The topological polar surface area (TPSA) is 62.2 Å². The Morgan fingerprint density at radius 3 is 2.59 bits per heavy atom. The van der Waals surface area contributed by atoms with Crippen LogP contribution in [0.1, 0.15) is 18.9 Å². The Morgan fingerprint density at radius 1 is 1.10 bits per heavy atom. The summed E-state index contributed by atoms with van der Waals surface area (Å²) in [6, 6.07) is 12.3. The number of para-hydroxylation sites is 1. The van der Waals surface area contributed by atoms with Crippen LogP contribution < -0.4 is 10.6 Å². The third-order valence-corrected chi connectivity index (χ3v) is 4.03. The van der Waals surface area contributed by atoms with Gasteiger partial charge in [-0.1, -0.05) is 43.8 Å². The molecule has 29 heavy (non-hydrogen) atoms. The van der Waals surface area contributed by atoms with Crippen molar-refractivity contribution < 1.29 is 13.2 Å². The lowest BCUT2D eigenvalue weighted by Gasteiger charge is -2.15. The third kappa shape index (κ3) is 4.90. The minimum atomic E-state index is -4.51. The molecule has 2 aromatic carbocycles. The van der Waals surface area contributed by atoms with Crippen molar-refractivity contribution in [3.63, 3.8) is 0 Å². The number of anilines is 1. The van der Waals surface area contributed by atoms with Crippen LogP contribution in [-0.2, 0) is 6.18 Å². The van der Waals surface area contributed by atoms with Crippen LogP contribution in [0.25, 0.3) is 22.3 Å². The highest BCUT2D eigenvalue weighted by Crippen LogP contribution is 2.36. The molecule has 3 aromatic rings. The molecule has 0 saturated heterocycles. The van der Waals surface area contributed by atoms with Crippen LogP contribution in [0.3, 0.4) is 0 Å². The number of aromatic nitrogens is 2. The van der Waals surface area contributed by atoms with Crippen LogP contribution in [0, 0.1) is 0 Å². The SMILES string of the molecule is C=C(NC=NCCC)Nc1nc(-c2ccccc2C(F)(F)F)nc2ccccc12. The van der Waals surface area contributed by atoms with Crippen LogP contribution in [0.2, 0.25) is 0 Å². The summed E-state index contributed by atoms with van der Waals surface area (Å²) in [6.45, 7) is 6.55. The van der Waals surface area contributed by atoms with Crippen molar-refractivity contribution in [1.29, 1.82) is 0 Å². The van der Waals surface area contributed by atoms with Gasteiger partial charge in [0.05, 0.1) is 17.4 Å². The zero-order valence-corrected chi connectivity index (χ0v) is 15.8. The van der Waals surface area contributed by atoms with Crippen molar-refractivity contribution in [3.8, 4) is 11.4 Å². The van der Waals surface area contributed by atoms with E-state index in [1.54, 1.807) is 24.3 Å². The first kappa shape index (κ1) is 20.3. The largest absolute Gasteiger partial charge is 0.417 e. The molecule has 1 heterocycles. The van der Waals surface area contributed by atoms with Crippen molar-refractivity contribution in [2.45, 2.75) is 19.5 Å². The number of nitrogens with one attached hydrogen (secondary N) is 2. The molecule has 150 valence electrons. The maximum Gasteiger partial charge on any atom is 0.417 e. The van der Waals surface area contributed by atoms with Crippen molar-refractivity contribution in [2.24, 2.45) is 4.99 Å². The Labute approximate surface area is 166 Å². The third-order valence-electron chi connectivity index (χ3n) is 4.03. The molecule has 0 fully saturated rings. The van der Waals surface area contributed by atoms with E-state index in [1.807, 2.05) is 6.92 Å². The van der Waals surface area contributed by atoms with Crippen molar-refractivity contribution >= 4 is 23.1 Å². The zero-order chi connectivity index (χ0) is 20.9. The number of halogens is 3. The van der Waals surface area contributed by atoms with Crippen LogP contribution >= 0.6 is 0 Å². The molecule has 0 radical (unpaired) electrons. The number of alkyl halides is 3. The zero-order valence-electron chi connectivity index (χ0n) is 15.8. The Bertz CT molecular complexity index is 1040. The average Bonchev–Trinajstić information content (AvgIpc) is 2.70. The van der Waals surface area contributed by atoms with Gasteiger partial charge in [-0.25, -0.2) is 9.97 Å². The molecule has 0 saturated carbocycles. The van der Waals surface area contributed by atoms with Gasteiger partial charge in [-0.15, -0.1) is 0 Å². The van der Waals surface area contributed by atoms with E-state index in [4.69, 9.17) is 0 Å². The van der Waals surface area contributed by atoms with E-state index in [0.717, 1.165) is 12.5 Å². The monoisotopic (exact) mass is 399 g/mol. The molecular weight excluding hydrogens is 379 g/mol. The first-order valence-corrected chi connectivity index (χ1v) is 9.04.